The zero-order valence-electron chi connectivity index (χ0n) is 69.2. The lowest BCUT2D eigenvalue weighted by molar-refractivity contribution is -0.111. The number of halogens is 5. The van der Waals surface area contributed by atoms with E-state index in [0.29, 0.717) is 91.1 Å². The van der Waals surface area contributed by atoms with Crippen LogP contribution >= 0.6 is 23.2 Å². The van der Waals surface area contributed by atoms with Gasteiger partial charge < -0.3 is 86.1 Å². The Balaban J connectivity index is 0.000000196. The van der Waals surface area contributed by atoms with E-state index in [1.807, 2.05) is 42.5 Å². The number of methoxy groups -OCH3 is 12. The fourth-order valence-corrected chi connectivity index (χ4v) is 11.7. The number of rotatable bonds is 24. The summed E-state index contributed by atoms with van der Waals surface area (Å²) in [6.07, 6.45) is 0.556. The summed E-state index contributed by atoms with van der Waals surface area (Å²) in [5.74, 6) is 7.49. The topological polar surface area (TPSA) is 286 Å². The molecule has 0 aliphatic carbocycles. The number of hydrogen-bond donors (Lipinski definition) is 4. The predicted octanol–water partition coefficient (Wildman–Crippen LogP) is 21.1. The van der Waals surface area contributed by atoms with Crippen molar-refractivity contribution in [3.05, 3.63) is 312 Å². The molecule has 0 aliphatic heterocycles. The standard InChI is InChI=1S/C17H17FO4.C17H18O4.C14H9FO3.C14H10O3.2C10H11ClO3.C7H7FO.C7H8O/c1-20-12-5-7-17(22-3)11(8-12)9-16(19)14-6-4-13(21-2)10-15(14)18;1-19-14-6-4-12(5-7-14)16(18)11-13-10-15(20-2)8-9-17(13)21-3;15-12-7-10(17)1-3-11(12)14-6-8-5-9(16)2-4-13(8)18-14;15-11-3-1-9(2-4-11)14-8-10-7-12(16)5-6-13(10)17-14;2*1-13-8-3-4-9(14-2)7(5-8)6-10(11)12;1-9-7-4-2-3-6(8)5-7;1-8-7-5-3-2-4-6-7/h4-8,10H,9H2,1-3H3;4-10H,11H2,1-3H3;1-7,16-17H;1-8,15-16H;2*3-5H,6H2,1-2H3;2-5H,1H3;2-6H,1H3. The van der Waals surface area contributed by atoms with Crippen molar-refractivity contribution < 1.29 is 118 Å². The molecular formula is C96H91Cl2F3O22. The van der Waals surface area contributed by atoms with Crippen LogP contribution in [-0.2, 0) is 35.3 Å². The molecular weight excluding hydrogens is 1630 g/mol. The highest BCUT2D eigenvalue weighted by molar-refractivity contribution is 6.64. The number of ether oxygens (including phenoxy) is 12. The van der Waals surface area contributed by atoms with Crippen molar-refractivity contribution in [2.24, 2.45) is 0 Å². The highest BCUT2D eigenvalue weighted by Gasteiger charge is 2.19. The van der Waals surface area contributed by atoms with Gasteiger partial charge >= 0.3 is 0 Å². The maximum atomic E-state index is 14.0. The number of hydrogen-bond acceptors (Lipinski definition) is 22. The third-order valence-electron chi connectivity index (χ3n) is 17.6. The summed E-state index contributed by atoms with van der Waals surface area (Å²) in [6.45, 7) is 0. The van der Waals surface area contributed by atoms with Crippen LogP contribution in [0.2, 0.25) is 0 Å². The summed E-state index contributed by atoms with van der Waals surface area (Å²) < 4.78 is 112. The van der Waals surface area contributed by atoms with E-state index in [0.717, 1.165) is 50.8 Å². The second-order valence-electron chi connectivity index (χ2n) is 25.6. The Morgan fingerprint density at radius 2 is 0.659 bits per heavy atom. The van der Waals surface area contributed by atoms with Crippen LogP contribution < -0.4 is 56.8 Å². The number of fused-ring (bicyclic) bond motifs is 2. The summed E-state index contributed by atoms with van der Waals surface area (Å²) in [5, 5.41) is 37.8. The molecule has 12 aromatic carbocycles. The van der Waals surface area contributed by atoms with Crippen LogP contribution in [0.15, 0.2) is 270 Å². The van der Waals surface area contributed by atoms with E-state index in [9.17, 15) is 47.7 Å². The van der Waals surface area contributed by atoms with Crippen LogP contribution in [0.5, 0.6) is 92.0 Å². The zero-order valence-corrected chi connectivity index (χ0v) is 70.7. The molecule has 0 amide bonds. The molecule has 14 rings (SSSR count). The van der Waals surface area contributed by atoms with Gasteiger partial charge in [-0.15, -0.1) is 0 Å². The van der Waals surface area contributed by atoms with Crippen LogP contribution in [0.1, 0.15) is 43.0 Å². The number of aromatic hydroxyl groups is 4. The normalized spacial score (nSPS) is 10.1. The van der Waals surface area contributed by atoms with Crippen LogP contribution in [0.3, 0.4) is 0 Å². The maximum absolute atomic E-state index is 14.0. The molecule has 14 aromatic rings. The number of furan rings is 2. The van der Waals surface area contributed by atoms with Crippen molar-refractivity contribution in [3.63, 3.8) is 0 Å². The maximum Gasteiger partial charge on any atom is 0.226 e. The van der Waals surface area contributed by atoms with Crippen molar-refractivity contribution in [2.45, 2.75) is 25.7 Å². The minimum Gasteiger partial charge on any atom is -0.508 e. The molecule has 2 aromatic heterocycles. The SMILES string of the molecule is COc1ccc(C(=O)Cc2cc(OC)ccc2OC)c(F)c1.COc1ccc(C(=O)Cc2cc(OC)ccc2OC)cc1.COc1ccc(OC)c(CC(=O)Cl)c1.COc1ccc(OC)c(CC(=O)Cl)c1.COc1cccc(F)c1.COc1ccccc1.Oc1ccc(-c2cc3cc(O)ccc3o2)c(F)c1.Oc1ccc(-c2cc3cc(O)ccc3o2)cc1. The molecule has 0 aliphatic rings. The van der Waals surface area contributed by atoms with E-state index < -0.39 is 22.1 Å². The molecule has 27 heteroatoms. The monoisotopic (exact) mass is 1720 g/mol. The largest absolute Gasteiger partial charge is 0.508 e. The van der Waals surface area contributed by atoms with Gasteiger partial charge in [0.25, 0.3) is 0 Å². The molecule has 2 heterocycles. The molecule has 4 N–H and O–H groups in total. The predicted molar refractivity (Wildman–Crippen MR) is 465 cm³/mol. The summed E-state index contributed by atoms with van der Waals surface area (Å²) in [7, 11) is 18.7. The average molecular weight is 1720 g/mol. The first-order chi connectivity index (χ1) is 59.2. The van der Waals surface area contributed by atoms with Gasteiger partial charge in [0.1, 0.15) is 132 Å². The fourth-order valence-electron chi connectivity index (χ4n) is 11.4. The van der Waals surface area contributed by atoms with Gasteiger partial charge in [0.05, 0.1) is 109 Å². The highest BCUT2D eigenvalue weighted by Crippen LogP contribution is 2.36. The Kier molecular flexibility index (Phi) is 38.3. The number of phenolic OH excluding ortho intramolecular Hbond substituents is 4. The van der Waals surface area contributed by atoms with Gasteiger partial charge in [0.2, 0.25) is 10.5 Å². The summed E-state index contributed by atoms with van der Waals surface area (Å²) in [5.41, 5.74) is 6.01. The van der Waals surface area contributed by atoms with Crippen molar-refractivity contribution in [2.75, 3.05) is 85.3 Å². The van der Waals surface area contributed by atoms with E-state index in [1.54, 1.807) is 227 Å². The number of ketones is 2. The minimum absolute atomic E-state index is 0.0175. The van der Waals surface area contributed by atoms with Gasteiger partial charge in [-0.2, -0.15) is 0 Å². The van der Waals surface area contributed by atoms with Gasteiger partial charge in [-0.25, -0.2) is 13.2 Å². The number of para-hydroxylation sites is 1. The zero-order chi connectivity index (χ0) is 89.5. The minimum atomic E-state index is -0.605. The summed E-state index contributed by atoms with van der Waals surface area (Å²) in [4.78, 5) is 46.2. The lowest BCUT2D eigenvalue weighted by Crippen LogP contribution is -2.07. The average Bonchev–Trinajstić information content (AvgIpc) is 1.70. The Bertz CT molecular complexity index is 5680. The van der Waals surface area contributed by atoms with Crippen LogP contribution in [0, 0.1) is 17.5 Å². The van der Waals surface area contributed by atoms with E-state index >= 15 is 0 Å². The summed E-state index contributed by atoms with van der Waals surface area (Å²) in [6, 6.07) is 71.8. The van der Waals surface area contributed by atoms with E-state index in [1.165, 1.54) is 70.9 Å². The van der Waals surface area contributed by atoms with Crippen molar-refractivity contribution >= 4 is 67.2 Å². The number of Topliss-reactive ketones (excluding diaryl/α,β-unsaturated/α-hetero) is 2. The molecule has 22 nitrogen and oxygen atoms in total. The van der Waals surface area contributed by atoms with E-state index in [-0.39, 0.29) is 77.2 Å². The summed E-state index contributed by atoms with van der Waals surface area (Å²) >= 11 is 10.6. The molecule has 0 atom stereocenters. The molecule has 0 bridgehead atoms. The molecule has 0 fully saturated rings. The number of phenols is 4. The van der Waals surface area contributed by atoms with Crippen LogP contribution in [0.4, 0.5) is 13.2 Å². The smallest absolute Gasteiger partial charge is 0.226 e. The molecule has 0 unspecified atom stereocenters. The van der Waals surface area contributed by atoms with Crippen molar-refractivity contribution in [3.8, 4) is 115 Å². The molecule has 0 saturated carbocycles. The number of carbonyl (C=O) groups excluding carboxylic acids is 4. The van der Waals surface area contributed by atoms with Gasteiger partial charge in [-0.3, -0.25) is 19.2 Å². The number of carbonyl (C=O) groups is 4. The second kappa shape index (κ2) is 49.2. The highest BCUT2D eigenvalue weighted by atomic mass is 35.5. The Labute approximate surface area is 719 Å². The third-order valence-corrected chi connectivity index (χ3v) is 17.8. The Hall–Kier alpha value is -14.4. The Morgan fingerprint density at radius 1 is 0.301 bits per heavy atom. The second-order valence-corrected chi connectivity index (χ2v) is 26.4. The lowest BCUT2D eigenvalue weighted by atomic mass is 10.0. The third kappa shape index (κ3) is 30.1. The Morgan fingerprint density at radius 3 is 1.06 bits per heavy atom. The van der Waals surface area contributed by atoms with Gasteiger partial charge in [-0.05, 0) is 242 Å². The van der Waals surface area contributed by atoms with Crippen molar-refractivity contribution in [1.82, 2.24) is 0 Å². The lowest BCUT2D eigenvalue weighted by Gasteiger charge is -2.10. The van der Waals surface area contributed by atoms with Gasteiger partial charge in [-0.1, -0.05) is 24.3 Å². The first-order valence-corrected chi connectivity index (χ1v) is 37.8. The first kappa shape index (κ1) is 95.7. The molecule has 0 spiro atoms. The molecule has 642 valence electrons. The van der Waals surface area contributed by atoms with E-state index in [4.69, 9.17) is 94.0 Å². The molecule has 0 radical (unpaired) electrons. The number of benzene rings is 12. The van der Waals surface area contributed by atoms with E-state index in [2.05, 4.69) is 0 Å². The fraction of sp³-hybridized carbons (Fsp3) is 0.167. The van der Waals surface area contributed by atoms with Crippen LogP contribution in [-0.4, -0.2) is 128 Å². The van der Waals surface area contributed by atoms with Gasteiger partial charge in [0, 0.05) is 75.2 Å². The van der Waals surface area contributed by atoms with Crippen LogP contribution in [0.25, 0.3) is 44.6 Å². The van der Waals surface area contributed by atoms with Gasteiger partial charge in [0.15, 0.2) is 11.6 Å². The molecule has 123 heavy (non-hydrogen) atoms. The quantitative estimate of drug-likeness (QED) is 0.0323. The van der Waals surface area contributed by atoms with Crippen molar-refractivity contribution in [1.29, 1.82) is 0 Å². The first-order valence-electron chi connectivity index (χ1n) is 37.1. The molecule has 0 saturated heterocycles.